The van der Waals surface area contributed by atoms with Gasteiger partial charge in [0.2, 0.25) is 0 Å². The van der Waals surface area contributed by atoms with E-state index in [-0.39, 0.29) is 0 Å². The summed E-state index contributed by atoms with van der Waals surface area (Å²) in [6.45, 7) is 2.21. The van der Waals surface area contributed by atoms with E-state index in [0.29, 0.717) is 5.11 Å². The number of aryl methyl sites for hydroxylation is 1. The van der Waals surface area contributed by atoms with Gasteiger partial charge in [-0.3, -0.25) is 0 Å². The molecule has 0 aliphatic rings. The molecule has 21 heavy (non-hydrogen) atoms. The van der Waals surface area contributed by atoms with Crippen molar-refractivity contribution in [3.8, 4) is 0 Å². The fourth-order valence-corrected chi connectivity index (χ4v) is 2.73. The largest absolute Gasteiger partial charge is 0.332 e. The van der Waals surface area contributed by atoms with Gasteiger partial charge in [0.15, 0.2) is 5.11 Å². The van der Waals surface area contributed by atoms with Gasteiger partial charge in [-0.1, -0.05) is 37.6 Å². The Morgan fingerprint density at radius 3 is 2.43 bits per heavy atom. The van der Waals surface area contributed by atoms with Crippen molar-refractivity contribution in [3.63, 3.8) is 0 Å². The van der Waals surface area contributed by atoms with Crippen molar-refractivity contribution < 1.29 is 0 Å². The highest BCUT2D eigenvalue weighted by atomic mass is 127. The molecular formula is C17H19IN2S. The van der Waals surface area contributed by atoms with Crippen molar-refractivity contribution in [1.82, 2.24) is 0 Å². The van der Waals surface area contributed by atoms with Crippen LogP contribution >= 0.6 is 34.8 Å². The number of hydrogen-bond donors (Lipinski definition) is 2. The minimum atomic E-state index is 0.612. The van der Waals surface area contributed by atoms with E-state index in [4.69, 9.17) is 12.2 Å². The first-order valence-corrected chi connectivity index (χ1v) is 8.59. The molecule has 0 saturated heterocycles. The van der Waals surface area contributed by atoms with Crippen LogP contribution in [0.4, 0.5) is 11.4 Å². The van der Waals surface area contributed by atoms with E-state index in [2.05, 4.69) is 64.4 Å². The quantitative estimate of drug-likeness (QED) is 0.507. The molecule has 4 heteroatoms. The van der Waals surface area contributed by atoms with Crippen molar-refractivity contribution in [1.29, 1.82) is 0 Å². The van der Waals surface area contributed by atoms with E-state index in [1.54, 1.807) is 0 Å². The molecule has 2 aromatic carbocycles. The maximum absolute atomic E-state index is 5.35. The van der Waals surface area contributed by atoms with Gasteiger partial charge in [-0.05, 0) is 77.5 Å². The Balaban J connectivity index is 1.92. The lowest BCUT2D eigenvalue weighted by Gasteiger charge is -2.12. The minimum absolute atomic E-state index is 0.612. The maximum atomic E-state index is 5.35. The van der Waals surface area contributed by atoms with Gasteiger partial charge in [0.05, 0.1) is 5.69 Å². The summed E-state index contributed by atoms with van der Waals surface area (Å²) in [5, 5.41) is 7.05. The number of rotatable bonds is 5. The molecule has 0 unspecified atom stereocenters. The number of hydrogen-bond acceptors (Lipinski definition) is 1. The second-order valence-corrected chi connectivity index (χ2v) is 6.43. The van der Waals surface area contributed by atoms with Gasteiger partial charge in [0, 0.05) is 9.26 Å². The van der Waals surface area contributed by atoms with E-state index < -0.39 is 0 Å². The normalized spacial score (nSPS) is 10.2. The molecule has 0 aromatic heterocycles. The van der Waals surface area contributed by atoms with E-state index in [9.17, 15) is 0 Å². The molecule has 0 fully saturated rings. The van der Waals surface area contributed by atoms with Gasteiger partial charge in [-0.15, -0.1) is 0 Å². The van der Waals surface area contributed by atoms with Crippen LogP contribution in [0.25, 0.3) is 0 Å². The van der Waals surface area contributed by atoms with Gasteiger partial charge >= 0.3 is 0 Å². The monoisotopic (exact) mass is 410 g/mol. The number of halogens is 1. The molecule has 0 heterocycles. The van der Waals surface area contributed by atoms with E-state index >= 15 is 0 Å². The summed E-state index contributed by atoms with van der Waals surface area (Å²) in [5.41, 5.74) is 3.41. The van der Waals surface area contributed by atoms with E-state index in [1.165, 1.54) is 18.4 Å². The molecule has 0 spiro atoms. The second-order valence-electron chi connectivity index (χ2n) is 4.86. The highest BCUT2D eigenvalue weighted by Gasteiger charge is 2.02. The number of unbranched alkanes of at least 4 members (excludes halogenated alkanes) is 1. The molecule has 0 aliphatic carbocycles. The highest BCUT2D eigenvalue weighted by molar-refractivity contribution is 14.1. The molecule has 0 aliphatic heterocycles. The van der Waals surface area contributed by atoms with Crippen LogP contribution in [0.3, 0.4) is 0 Å². The lowest BCUT2D eigenvalue weighted by Crippen LogP contribution is -2.19. The Kier molecular flexibility index (Phi) is 6.45. The van der Waals surface area contributed by atoms with Crippen LogP contribution in [-0.2, 0) is 6.42 Å². The lowest BCUT2D eigenvalue weighted by atomic mass is 10.1. The SMILES string of the molecule is CCCCc1ccc(NC(=S)Nc2ccccc2I)cc1. The van der Waals surface area contributed by atoms with Crippen molar-refractivity contribution in [2.45, 2.75) is 26.2 Å². The molecule has 0 saturated carbocycles. The topological polar surface area (TPSA) is 24.1 Å². The van der Waals surface area contributed by atoms with Crippen molar-refractivity contribution >= 4 is 51.3 Å². The fourth-order valence-electron chi connectivity index (χ4n) is 1.98. The first kappa shape index (κ1) is 16.2. The Hall–Kier alpha value is -1.14. The average Bonchev–Trinajstić information content (AvgIpc) is 2.49. The summed E-state index contributed by atoms with van der Waals surface area (Å²) in [6, 6.07) is 16.6. The van der Waals surface area contributed by atoms with E-state index in [0.717, 1.165) is 21.4 Å². The van der Waals surface area contributed by atoms with Crippen molar-refractivity contribution in [2.75, 3.05) is 10.6 Å². The van der Waals surface area contributed by atoms with Crippen LogP contribution in [0.5, 0.6) is 0 Å². The standard InChI is InChI=1S/C17H19IN2S/c1-2-3-6-13-9-11-14(12-10-13)19-17(21)20-16-8-5-4-7-15(16)18/h4-5,7-12H,2-3,6H2,1H3,(H2,19,20,21). The van der Waals surface area contributed by atoms with Gasteiger partial charge in [0.25, 0.3) is 0 Å². The first-order chi connectivity index (χ1) is 10.2. The molecular weight excluding hydrogens is 391 g/mol. The van der Waals surface area contributed by atoms with Gasteiger partial charge in [-0.2, -0.15) is 0 Å². The summed E-state index contributed by atoms with van der Waals surface area (Å²) < 4.78 is 1.15. The summed E-state index contributed by atoms with van der Waals surface area (Å²) in [6.07, 6.45) is 3.60. The summed E-state index contributed by atoms with van der Waals surface area (Å²) in [5.74, 6) is 0. The van der Waals surface area contributed by atoms with E-state index in [1.807, 2.05) is 24.3 Å². The van der Waals surface area contributed by atoms with Crippen LogP contribution in [0.15, 0.2) is 48.5 Å². The molecule has 2 N–H and O–H groups in total. The maximum Gasteiger partial charge on any atom is 0.175 e. The molecule has 110 valence electrons. The second kappa shape index (κ2) is 8.34. The molecule has 2 rings (SSSR count). The third kappa shape index (κ3) is 5.28. The average molecular weight is 410 g/mol. The van der Waals surface area contributed by atoms with Crippen molar-refractivity contribution in [2.24, 2.45) is 0 Å². The molecule has 2 nitrogen and oxygen atoms in total. The number of anilines is 2. The van der Waals surface area contributed by atoms with Crippen LogP contribution in [-0.4, -0.2) is 5.11 Å². The molecule has 0 radical (unpaired) electrons. The Labute approximate surface area is 145 Å². The third-order valence-electron chi connectivity index (χ3n) is 3.15. The predicted octanol–water partition coefficient (Wildman–Crippen LogP) is 5.44. The number of benzene rings is 2. The lowest BCUT2D eigenvalue weighted by molar-refractivity contribution is 0.795. The first-order valence-electron chi connectivity index (χ1n) is 7.10. The smallest absolute Gasteiger partial charge is 0.175 e. The summed E-state index contributed by atoms with van der Waals surface area (Å²) in [4.78, 5) is 0. The molecule has 0 atom stereocenters. The van der Waals surface area contributed by atoms with Gasteiger partial charge in [0.1, 0.15) is 0 Å². The van der Waals surface area contributed by atoms with Crippen LogP contribution in [0.2, 0.25) is 0 Å². The Bertz CT molecular complexity index is 596. The predicted molar refractivity (Wildman–Crippen MR) is 104 cm³/mol. The molecule has 0 amide bonds. The van der Waals surface area contributed by atoms with Gasteiger partial charge < -0.3 is 10.6 Å². The third-order valence-corrected chi connectivity index (χ3v) is 4.30. The Morgan fingerprint density at radius 2 is 1.76 bits per heavy atom. The van der Waals surface area contributed by atoms with Crippen LogP contribution < -0.4 is 10.6 Å². The van der Waals surface area contributed by atoms with Gasteiger partial charge in [-0.25, -0.2) is 0 Å². The zero-order valence-electron chi connectivity index (χ0n) is 12.0. The zero-order chi connectivity index (χ0) is 15.1. The van der Waals surface area contributed by atoms with Crippen LogP contribution in [0.1, 0.15) is 25.3 Å². The fraction of sp³-hybridized carbons (Fsp3) is 0.235. The molecule has 0 bridgehead atoms. The van der Waals surface area contributed by atoms with Crippen molar-refractivity contribution in [3.05, 3.63) is 57.7 Å². The molecule has 2 aromatic rings. The Morgan fingerprint density at radius 1 is 1.05 bits per heavy atom. The highest BCUT2D eigenvalue weighted by Crippen LogP contribution is 2.18. The number of nitrogens with one attached hydrogen (secondary N) is 2. The summed E-state index contributed by atoms with van der Waals surface area (Å²) >= 11 is 7.65. The zero-order valence-corrected chi connectivity index (χ0v) is 15.0. The number of thiocarbonyl (C=S) groups is 1. The minimum Gasteiger partial charge on any atom is -0.332 e. The van der Waals surface area contributed by atoms with Crippen LogP contribution in [0, 0.1) is 3.57 Å². The number of para-hydroxylation sites is 1. The summed E-state index contributed by atoms with van der Waals surface area (Å²) in [7, 11) is 0.